The van der Waals surface area contributed by atoms with Gasteiger partial charge in [0.1, 0.15) is 5.82 Å². The summed E-state index contributed by atoms with van der Waals surface area (Å²) in [5.41, 5.74) is 7.56. The van der Waals surface area contributed by atoms with Crippen molar-refractivity contribution in [3.63, 3.8) is 0 Å². The van der Waals surface area contributed by atoms with E-state index in [0.717, 1.165) is 11.9 Å². The van der Waals surface area contributed by atoms with Gasteiger partial charge in [-0.2, -0.15) is 0 Å². The predicted molar refractivity (Wildman–Crippen MR) is 84.9 cm³/mol. The molecule has 0 saturated heterocycles. The maximum Gasteiger partial charge on any atom is 0.201 e. The third-order valence-corrected chi connectivity index (χ3v) is 5.02. The molecule has 1 aromatic carbocycles. The molecular weight excluding hydrogens is 289 g/mol. The molecule has 3 rings (SSSR count). The van der Waals surface area contributed by atoms with Gasteiger partial charge in [0.2, 0.25) is 5.95 Å². The molecule has 0 radical (unpaired) electrons. The second-order valence-electron chi connectivity index (χ2n) is 6.35. The Kier molecular flexibility index (Phi) is 3.82. The maximum absolute atomic E-state index is 13.6. The van der Waals surface area contributed by atoms with Crippen LogP contribution in [-0.4, -0.2) is 9.55 Å². The van der Waals surface area contributed by atoms with Crippen molar-refractivity contribution in [3.05, 3.63) is 23.0 Å². The zero-order valence-electron chi connectivity index (χ0n) is 12.4. The van der Waals surface area contributed by atoms with E-state index < -0.39 is 5.82 Å². The Hall–Kier alpha value is -1.29. The molecule has 5 heteroatoms. The normalized spacial score (nSPS) is 23.1. The number of rotatable bonds is 2. The molecule has 1 aliphatic rings. The number of nitrogens with two attached hydrogens (primary N) is 1. The lowest BCUT2D eigenvalue weighted by atomic mass is 9.77. The molecular formula is C16H21ClFN3. The number of aromatic nitrogens is 2. The first-order chi connectivity index (χ1) is 9.99. The van der Waals surface area contributed by atoms with E-state index in [1.54, 1.807) is 6.07 Å². The SMILES string of the molecule is CC(C)C1CCCCC1n1c(N)nc2cc(F)c(Cl)cc21. The number of nitrogen functional groups attached to an aromatic ring is 1. The van der Waals surface area contributed by atoms with Gasteiger partial charge in [-0.1, -0.05) is 38.3 Å². The number of anilines is 1. The van der Waals surface area contributed by atoms with Crippen LogP contribution in [0.4, 0.5) is 10.3 Å². The molecule has 1 fully saturated rings. The van der Waals surface area contributed by atoms with Crippen LogP contribution in [0.1, 0.15) is 45.6 Å². The molecule has 1 aromatic heterocycles. The average molecular weight is 310 g/mol. The van der Waals surface area contributed by atoms with Crippen LogP contribution in [0.3, 0.4) is 0 Å². The fourth-order valence-corrected chi connectivity index (χ4v) is 3.85. The van der Waals surface area contributed by atoms with Gasteiger partial charge in [0.15, 0.2) is 0 Å². The zero-order chi connectivity index (χ0) is 15.1. The third-order valence-electron chi connectivity index (χ3n) is 4.73. The Morgan fingerprint density at radius 2 is 2.05 bits per heavy atom. The van der Waals surface area contributed by atoms with E-state index in [9.17, 15) is 4.39 Å². The van der Waals surface area contributed by atoms with Crippen LogP contribution in [-0.2, 0) is 0 Å². The van der Waals surface area contributed by atoms with Gasteiger partial charge in [0.05, 0.1) is 16.1 Å². The van der Waals surface area contributed by atoms with Crippen LogP contribution in [0.5, 0.6) is 0 Å². The van der Waals surface area contributed by atoms with Crippen LogP contribution in [0.15, 0.2) is 12.1 Å². The van der Waals surface area contributed by atoms with E-state index in [-0.39, 0.29) is 5.02 Å². The number of hydrogen-bond acceptors (Lipinski definition) is 2. The third kappa shape index (κ3) is 2.50. The first-order valence-corrected chi connectivity index (χ1v) is 7.99. The topological polar surface area (TPSA) is 43.8 Å². The number of halogens is 2. The highest BCUT2D eigenvalue weighted by Crippen LogP contribution is 2.41. The lowest BCUT2D eigenvalue weighted by Crippen LogP contribution is -2.27. The van der Waals surface area contributed by atoms with Gasteiger partial charge in [-0.05, 0) is 30.7 Å². The Morgan fingerprint density at radius 1 is 1.33 bits per heavy atom. The van der Waals surface area contributed by atoms with Gasteiger partial charge >= 0.3 is 0 Å². The summed E-state index contributed by atoms with van der Waals surface area (Å²) in [6.45, 7) is 4.51. The summed E-state index contributed by atoms with van der Waals surface area (Å²) in [6.07, 6.45) is 4.76. The van der Waals surface area contributed by atoms with Crippen molar-refractivity contribution in [2.75, 3.05) is 5.73 Å². The molecule has 1 aliphatic carbocycles. The smallest absolute Gasteiger partial charge is 0.201 e. The molecule has 3 nitrogen and oxygen atoms in total. The van der Waals surface area contributed by atoms with Crippen LogP contribution >= 0.6 is 11.6 Å². The molecule has 0 aliphatic heterocycles. The fraction of sp³-hybridized carbons (Fsp3) is 0.562. The number of benzene rings is 1. The quantitative estimate of drug-likeness (QED) is 0.866. The van der Waals surface area contributed by atoms with E-state index >= 15 is 0 Å². The molecule has 2 unspecified atom stereocenters. The Morgan fingerprint density at radius 3 is 2.76 bits per heavy atom. The molecule has 2 atom stereocenters. The lowest BCUT2D eigenvalue weighted by Gasteiger charge is -2.36. The Labute approximate surface area is 129 Å². The van der Waals surface area contributed by atoms with E-state index in [1.807, 2.05) is 0 Å². The highest BCUT2D eigenvalue weighted by Gasteiger charge is 2.31. The number of hydrogen-bond donors (Lipinski definition) is 1. The highest BCUT2D eigenvalue weighted by atomic mass is 35.5. The molecule has 114 valence electrons. The van der Waals surface area contributed by atoms with E-state index in [4.69, 9.17) is 17.3 Å². The van der Waals surface area contributed by atoms with Crippen LogP contribution < -0.4 is 5.73 Å². The zero-order valence-corrected chi connectivity index (χ0v) is 13.2. The standard InChI is InChI=1S/C16H21ClFN3/c1-9(2)10-5-3-4-6-14(10)21-15-7-11(17)12(18)8-13(15)20-16(21)19/h7-10,14H,3-6H2,1-2H3,(H2,19,20). The Balaban J connectivity index is 2.14. The van der Waals surface area contributed by atoms with E-state index in [0.29, 0.717) is 29.3 Å². The number of imidazole rings is 1. The van der Waals surface area contributed by atoms with E-state index in [2.05, 4.69) is 23.4 Å². The molecule has 21 heavy (non-hydrogen) atoms. The molecule has 1 heterocycles. The number of nitrogens with zero attached hydrogens (tertiary/aromatic N) is 2. The molecule has 0 spiro atoms. The summed E-state index contributed by atoms with van der Waals surface area (Å²) in [5.74, 6) is 1.17. The largest absolute Gasteiger partial charge is 0.369 e. The van der Waals surface area contributed by atoms with Gasteiger partial charge in [-0.25, -0.2) is 9.37 Å². The van der Waals surface area contributed by atoms with Gasteiger partial charge in [-0.3, -0.25) is 0 Å². The van der Waals surface area contributed by atoms with Crippen molar-refractivity contribution in [3.8, 4) is 0 Å². The van der Waals surface area contributed by atoms with Crippen LogP contribution in [0, 0.1) is 17.7 Å². The van der Waals surface area contributed by atoms with Crippen molar-refractivity contribution in [2.45, 2.75) is 45.6 Å². The minimum Gasteiger partial charge on any atom is -0.369 e. The molecule has 0 bridgehead atoms. The first-order valence-electron chi connectivity index (χ1n) is 7.61. The average Bonchev–Trinajstić information content (AvgIpc) is 2.74. The van der Waals surface area contributed by atoms with Gasteiger partial charge < -0.3 is 10.3 Å². The van der Waals surface area contributed by atoms with Crippen molar-refractivity contribution in [1.82, 2.24) is 9.55 Å². The van der Waals surface area contributed by atoms with Crippen LogP contribution in [0.2, 0.25) is 5.02 Å². The molecule has 2 aromatic rings. The van der Waals surface area contributed by atoms with Crippen LogP contribution in [0.25, 0.3) is 11.0 Å². The summed E-state index contributed by atoms with van der Waals surface area (Å²) in [4.78, 5) is 4.33. The van der Waals surface area contributed by atoms with Gasteiger partial charge in [-0.15, -0.1) is 0 Å². The summed E-state index contributed by atoms with van der Waals surface area (Å²) in [7, 11) is 0. The van der Waals surface area contributed by atoms with Crippen molar-refractivity contribution >= 4 is 28.6 Å². The predicted octanol–water partition coefficient (Wildman–Crippen LogP) is 4.80. The molecule has 1 saturated carbocycles. The van der Waals surface area contributed by atoms with E-state index in [1.165, 1.54) is 25.3 Å². The number of fused-ring (bicyclic) bond motifs is 1. The fourth-order valence-electron chi connectivity index (χ4n) is 3.70. The molecule has 0 amide bonds. The second kappa shape index (κ2) is 5.48. The Bertz CT molecular complexity index is 665. The molecule has 2 N–H and O–H groups in total. The monoisotopic (exact) mass is 309 g/mol. The first kappa shape index (κ1) is 14.6. The summed E-state index contributed by atoms with van der Waals surface area (Å²) in [5, 5.41) is 0.126. The summed E-state index contributed by atoms with van der Waals surface area (Å²) < 4.78 is 15.7. The summed E-state index contributed by atoms with van der Waals surface area (Å²) in [6, 6.07) is 3.35. The van der Waals surface area contributed by atoms with Crippen molar-refractivity contribution in [2.24, 2.45) is 11.8 Å². The lowest BCUT2D eigenvalue weighted by molar-refractivity contribution is 0.189. The van der Waals surface area contributed by atoms with Crippen molar-refractivity contribution < 1.29 is 4.39 Å². The highest BCUT2D eigenvalue weighted by molar-refractivity contribution is 6.31. The summed E-state index contributed by atoms with van der Waals surface area (Å²) >= 11 is 5.95. The maximum atomic E-state index is 13.6. The van der Waals surface area contributed by atoms with Gasteiger partial charge in [0.25, 0.3) is 0 Å². The minimum absolute atomic E-state index is 0.126. The van der Waals surface area contributed by atoms with Gasteiger partial charge in [0, 0.05) is 12.1 Å². The van der Waals surface area contributed by atoms with Crippen molar-refractivity contribution in [1.29, 1.82) is 0 Å². The second-order valence-corrected chi connectivity index (χ2v) is 6.76. The minimum atomic E-state index is -0.446.